The number of nitrogens with two attached hydrogens (primary N) is 1. The third-order valence-electron chi connectivity index (χ3n) is 2.43. The predicted molar refractivity (Wildman–Crippen MR) is 65.1 cm³/mol. The van der Waals surface area contributed by atoms with Gasteiger partial charge in [0.2, 0.25) is 0 Å². The van der Waals surface area contributed by atoms with E-state index in [0.717, 1.165) is 27.7 Å². The molecule has 0 aliphatic heterocycles. The van der Waals surface area contributed by atoms with E-state index in [-0.39, 0.29) is 6.04 Å². The molecule has 2 aromatic heterocycles. The molecule has 2 rings (SSSR count). The smallest absolute Gasteiger partial charge is 0.149 e. The SMILES string of the molecule is CCC(N)c1nnc(-c2cccnc2C)s1. The fourth-order valence-corrected chi connectivity index (χ4v) is 2.38. The van der Waals surface area contributed by atoms with E-state index in [4.69, 9.17) is 5.73 Å². The maximum Gasteiger partial charge on any atom is 0.149 e. The van der Waals surface area contributed by atoms with Crippen LogP contribution < -0.4 is 5.73 Å². The summed E-state index contributed by atoms with van der Waals surface area (Å²) in [4.78, 5) is 4.24. The number of rotatable bonds is 3. The highest BCUT2D eigenvalue weighted by Crippen LogP contribution is 2.28. The molecule has 0 saturated heterocycles. The standard InChI is InChI=1S/C11H14N4S/c1-3-9(12)11-15-14-10(16-11)8-5-4-6-13-7(8)2/h4-6,9H,3,12H2,1-2H3. The molecule has 0 aliphatic rings. The van der Waals surface area contributed by atoms with Crippen LogP contribution in [0.4, 0.5) is 0 Å². The summed E-state index contributed by atoms with van der Waals surface area (Å²) < 4.78 is 0. The summed E-state index contributed by atoms with van der Waals surface area (Å²) in [6.45, 7) is 4.01. The Hall–Kier alpha value is -1.33. The average molecular weight is 234 g/mol. The highest BCUT2D eigenvalue weighted by Gasteiger charge is 2.13. The largest absolute Gasteiger partial charge is 0.322 e. The van der Waals surface area contributed by atoms with Crippen molar-refractivity contribution in [2.24, 2.45) is 5.73 Å². The number of nitrogens with zero attached hydrogens (tertiary/aromatic N) is 3. The fourth-order valence-electron chi connectivity index (χ4n) is 1.38. The third-order valence-corrected chi connectivity index (χ3v) is 3.52. The molecule has 0 fully saturated rings. The third kappa shape index (κ3) is 2.10. The molecule has 0 aromatic carbocycles. The van der Waals surface area contributed by atoms with Crippen molar-refractivity contribution >= 4 is 11.3 Å². The Morgan fingerprint density at radius 2 is 2.25 bits per heavy atom. The van der Waals surface area contributed by atoms with Crippen LogP contribution in [-0.2, 0) is 0 Å². The molecule has 2 N–H and O–H groups in total. The molecule has 16 heavy (non-hydrogen) atoms. The normalized spacial score (nSPS) is 12.7. The Morgan fingerprint density at radius 3 is 2.94 bits per heavy atom. The van der Waals surface area contributed by atoms with E-state index in [9.17, 15) is 0 Å². The first-order chi connectivity index (χ1) is 7.72. The molecule has 0 spiro atoms. The monoisotopic (exact) mass is 234 g/mol. The average Bonchev–Trinajstić information content (AvgIpc) is 2.78. The molecule has 1 atom stereocenters. The minimum absolute atomic E-state index is 0.0109. The first-order valence-electron chi connectivity index (χ1n) is 5.23. The molecule has 4 nitrogen and oxygen atoms in total. The lowest BCUT2D eigenvalue weighted by atomic mass is 10.2. The first kappa shape index (κ1) is 11.2. The van der Waals surface area contributed by atoms with Crippen molar-refractivity contribution in [3.63, 3.8) is 0 Å². The number of pyridine rings is 1. The lowest BCUT2D eigenvalue weighted by molar-refractivity contribution is 0.683. The van der Waals surface area contributed by atoms with Crippen molar-refractivity contribution in [2.45, 2.75) is 26.3 Å². The maximum atomic E-state index is 5.92. The van der Waals surface area contributed by atoms with Gasteiger partial charge in [0.05, 0.1) is 6.04 Å². The summed E-state index contributed by atoms with van der Waals surface area (Å²) in [5.41, 5.74) is 7.92. The van der Waals surface area contributed by atoms with Crippen molar-refractivity contribution in [3.8, 4) is 10.6 Å². The van der Waals surface area contributed by atoms with E-state index in [2.05, 4.69) is 15.2 Å². The molecular formula is C11H14N4S. The van der Waals surface area contributed by atoms with E-state index in [1.807, 2.05) is 26.0 Å². The van der Waals surface area contributed by atoms with Crippen LogP contribution in [0.5, 0.6) is 0 Å². The van der Waals surface area contributed by atoms with E-state index in [1.54, 1.807) is 17.5 Å². The van der Waals surface area contributed by atoms with Gasteiger partial charge in [-0.25, -0.2) is 0 Å². The van der Waals surface area contributed by atoms with Crippen LogP contribution in [-0.4, -0.2) is 15.2 Å². The Balaban J connectivity index is 2.35. The second-order valence-electron chi connectivity index (χ2n) is 3.60. The number of hydrogen-bond acceptors (Lipinski definition) is 5. The van der Waals surface area contributed by atoms with E-state index in [0.29, 0.717) is 0 Å². The topological polar surface area (TPSA) is 64.7 Å². The van der Waals surface area contributed by atoms with Crippen LogP contribution in [0.1, 0.15) is 30.1 Å². The zero-order valence-electron chi connectivity index (χ0n) is 9.34. The number of aromatic nitrogens is 3. The molecule has 0 amide bonds. The second-order valence-corrected chi connectivity index (χ2v) is 4.61. The summed E-state index contributed by atoms with van der Waals surface area (Å²) in [6, 6.07) is 3.90. The quantitative estimate of drug-likeness (QED) is 0.885. The van der Waals surface area contributed by atoms with Crippen LogP contribution in [0.25, 0.3) is 10.6 Å². The zero-order chi connectivity index (χ0) is 11.5. The first-order valence-corrected chi connectivity index (χ1v) is 6.05. The summed E-state index contributed by atoms with van der Waals surface area (Å²) in [6.07, 6.45) is 2.65. The maximum absolute atomic E-state index is 5.92. The van der Waals surface area contributed by atoms with Gasteiger partial charge >= 0.3 is 0 Å². The molecule has 0 aliphatic carbocycles. The van der Waals surface area contributed by atoms with Gasteiger partial charge in [0, 0.05) is 17.5 Å². The van der Waals surface area contributed by atoms with Crippen LogP contribution in [0.3, 0.4) is 0 Å². The molecular weight excluding hydrogens is 220 g/mol. The predicted octanol–water partition coefficient (Wildman–Crippen LogP) is 2.32. The molecule has 5 heteroatoms. The van der Waals surface area contributed by atoms with Crippen molar-refractivity contribution in [2.75, 3.05) is 0 Å². The molecule has 1 unspecified atom stereocenters. The molecule has 2 heterocycles. The Bertz CT molecular complexity index is 480. The van der Waals surface area contributed by atoms with Crippen LogP contribution in [0.2, 0.25) is 0 Å². The highest BCUT2D eigenvalue weighted by molar-refractivity contribution is 7.14. The summed E-state index contributed by atoms with van der Waals surface area (Å²) in [5.74, 6) is 0. The summed E-state index contributed by atoms with van der Waals surface area (Å²) in [7, 11) is 0. The molecule has 84 valence electrons. The van der Waals surface area contributed by atoms with E-state index in [1.165, 1.54) is 0 Å². The van der Waals surface area contributed by atoms with E-state index < -0.39 is 0 Å². The highest BCUT2D eigenvalue weighted by atomic mass is 32.1. The lowest BCUT2D eigenvalue weighted by Crippen LogP contribution is -2.07. The van der Waals surface area contributed by atoms with Gasteiger partial charge < -0.3 is 5.73 Å². The minimum Gasteiger partial charge on any atom is -0.322 e. The van der Waals surface area contributed by atoms with E-state index >= 15 is 0 Å². The van der Waals surface area contributed by atoms with Crippen molar-refractivity contribution in [3.05, 3.63) is 29.0 Å². The lowest BCUT2D eigenvalue weighted by Gasteiger charge is -2.01. The Kier molecular flexibility index (Phi) is 3.26. The van der Waals surface area contributed by atoms with Gasteiger partial charge in [-0.2, -0.15) is 0 Å². The van der Waals surface area contributed by atoms with Gasteiger partial charge in [0.15, 0.2) is 0 Å². The zero-order valence-corrected chi connectivity index (χ0v) is 10.2. The molecule has 0 saturated carbocycles. The van der Waals surface area contributed by atoms with Crippen molar-refractivity contribution < 1.29 is 0 Å². The van der Waals surface area contributed by atoms with Gasteiger partial charge in [-0.05, 0) is 25.5 Å². The van der Waals surface area contributed by atoms with Crippen molar-refractivity contribution in [1.82, 2.24) is 15.2 Å². The van der Waals surface area contributed by atoms with Gasteiger partial charge in [-0.1, -0.05) is 18.3 Å². The van der Waals surface area contributed by atoms with Crippen LogP contribution in [0.15, 0.2) is 18.3 Å². The second kappa shape index (κ2) is 4.67. The molecule has 0 bridgehead atoms. The fraction of sp³-hybridized carbons (Fsp3) is 0.364. The minimum atomic E-state index is -0.0109. The van der Waals surface area contributed by atoms with Gasteiger partial charge in [-0.3, -0.25) is 4.98 Å². The van der Waals surface area contributed by atoms with Gasteiger partial charge in [-0.15, -0.1) is 10.2 Å². The Morgan fingerprint density at radius 1 is 1.44 bits per heavy atom. The number of hydrogen-bond donors (Lipinski definition) is 1. The number of aryl methyl sites for hydroxylation is 1. The molecule has 0 radical (unpaired) electrons. The van der Waals surface area contributed by atoms with Crippen LogP contribution in [0, 0.1) is 6.92 Å². The Labute approximate surface area is 98.6 Å². The summed E-state index contributed by atoms with van der Waals surface area (Å²) >= 11 is 1.55. The van der Waals surface area contributed by atoms with Crippen LogP contribution >= 0.6 is 11.3 Å². The van der Waals surface area contributed by atoms with Crippen molar-refractivity contribution in [1.29, 1.82) is 0 Å². The van der Waals surface area contributed by atoms with Gasteiger partial charge in [0.1, 0.15) is 10.0 Å². The molecule has 2 aromatic rings. The summed E-state index contributed by atoms with van der Waals surface area (Å²) in [5, 5.41) is 10.1. The van der Waals surface area contributed by atoms with Gasteiger partial charge in [0.25, 0.3) is 0 Å².